The summed E-state index contributed by atoms with van der Waals surface area (Å²) < 4.78 is 0.785. The van der Waals surface area contributed by atoms with Crippen LogP contribution >= 0.6 is 35.5 Å². The van der Waals surface area contributed by atoms with Crippen molar-refractivity contribution in [1.82, 2.24) is 15.2 Å². The molecular formula is C19H26Cl2N6O5S2. The van der Waals surface area contributed by atoms with Gasteiger partial charge in [0.2, 0.25) is 0 Å². The number of aromatic nitrogens is 1. The smallest absolute Gasteiger partial charge is 0.352 e. The van der Waals surface area contributed by atoms with Crippen LogP contribution in [0.3, 0.4) is 0 Å². The predicted molar refractivity (Wildman–Crippen MR) is 127 cm³/mol. The third-order valence-corrected chi connectivity index (χ3v) is 7.93. The first-order valence-electron chi connectivity index (χ1n) is 10.1. The second-order valence-electron chi connectivity index (χ2n) is 8.24. The normalized spacial score (nSPS) is 23.3. The highest BCUT2D eigenvalue weighted by Gasteiger charge is 2.55. The minimum absolute atomic E-state index is 0. The van der Waals surface area contributed by atoms with E-state index < -0.39 is 29.2 Å². The molecule has 34 heavy (non-hydrogen) atoms. The average Bonchev–Trinajstić information content (AvgIpc) is 3.37. The van der Waals surface area contributed by atoms with Crippen molar-refractivity contribution < 1.29 is 41.2 Å². The first-order valence-corrected chi connectivity index (χ1v) is 12.0. The maximum atomic E-state index is 12.9. The number of oxime groups is 1. The molecule has 1 aromatic heterocycles. The number of thioether (sulfide) groups is 1. The van der Waals surface area contributed by atoms with Crippen LogP contribution in [0.5, 0.6) is 0 Å². The second kappa shape index (κ2) is 11.1. The van der Waals surface area contributed by atoms with Crippen molar-refractivity contribution in [2.45, 2.75) is 24.3 Å². The zero-order valence-electron chi connectivity index (χ0n) is 18.5. The van der Waals surface area contributed by atoms with E-state index in [0.717, 1.165) is 47.3 Å². The van der Waals surface area contributed by atoms with E-state index >= 15 is 0 Å². The molecule has 0 bridgehead atoms. The van der Waals surface area contributed by atoms with E-state index in [9.17, 15) is 19.5 Å². The van der Waals surface area contributed by atoms with Gasteiger partial charge in [-0.3, -0.25) is 14.5 Å². The van der Waals surface area contributed by atoms with E-state index in [1.54, 1.807) is 5.38 Å². The van der Waals surface area contributed by atoms with E-state index in [4.69, 9.17) is 10.6 Å². The molecule has 2 amide bonds. The van der Waals surface area contributed by atoms with Gasteiger partial charge in [0.05, 0.1) is 20.1 Å². The van der Waals surface area contributed by atoms with Crippen LogP contribution < -0.4 is 23.5 Å². The lowest BCUT2D eigenvalue weighted by Crippen LogP contribution is -3.00. The molecule has 2 fully saturated rings. The fraction of sp³-hybridized carbons (Fsp3) is 0.526. The molecule has 0 aromatic carbocycles. The maximum absolute atomic E-state index is 12.9. The Morgan fingerprint density at radius 3 is 2.65 bits per heavy atom. The number of likely N-dealkylation sites (tertiary alicyclic amines) is 1. The van der Waals surface area contributed by atoms with Crippen LogP contribution in [0.4, 0.5) is 5.13 Å². The lowest BCUT2D eigenvalue weighted by Gasteiger charge is -2.49. The summed E-state index contributed by atoms with van der Waals surface area (Å²) in [6.45, 7) is 2.61. The van der Waals surface area contributed by atoms with Crippen molar-refractivity contribution in [3.8, 4) is 0 Å². The van der Waals surface area contributed by atoms with Crippen molar-refractivity contribution in [3.63, 3.8) is 0 Å². The van der Waals surface area contributed by atoms with Gasteiger partial charge in [0, 0.05) is 29.5 Å². The molecule has 0 aliphatic carbocycles. The van der Waals surface area contributed by atoms with Crippen LogP contribution in [-0.2, 0) is 19.2 Å². The van der Waals surface area contributed by atoms with Gasteiger partial charge in [-0.15, -0.1) is 35.5 Å². The quantitative estimate of drug-likeness (QED) is 0.145. The molecule has 0 spiro atoms. The molecule has 0 saturated carbocycles. The van der Waals surface area contributed by atoms with Gasteiger partial charge in [-0.2, -0.15) is 0 Å². The number of likely N-dealkylation sites (N-methyl/N-ethyl adjacent to an activating group) is 1. The molecule has 2 saturated heterocycles. The summed E-state index contributed by atoms with van der Waals surface area (Å²) in [5, 5.41) is 17.6. The Hall–Kier alpha value is -2.06. The number of carbonyl (C=O) groups excluding carboxylic acids is 2. The number of nitrogens with two attached hydrogens (primary N) is 1. The summed E-state index contributed by atoms with van der Waals surface area (Å²) in [7, 11) is 3.42. The lowest BCUT2D eigenvalue weighted by atomic mass is 10.0. The topological polar surface area (TPSA) is 147 Å². The first kappa shape index (κ1) is 28.2. The van der Waals surface area contributed by atoms with E-state index in [1.807, 2.05) is 0 Å². The molecule has 2 atom stereocenters. The number of hydrogen-bond acceptors (Lipinski definition) is 9. The van der Waals surface area contributed by atoms with E-state index in [1.165, 1.54) is 23.8 Å². The molecule has 1 aromatic rings. The third kappa shape index (κ3) is 5.28. The molecule has 188 valence electrons. The molecule has 11 nitrogen and oxygen atoms in total. The maximum Gasteiger partial charge on any atom is 0.352 e. The number of hydrogen-bond donors (Lipinski definition) is 3. The van der Waals surface area contributed by atoms with Crippen LogP contribution in [0, 0.1) is 0 Å². The van der Waals surface area contributed by atoms with Crippen molar-refractivity contribution >= 4 is 64.1 Å². The Morgan fingerprint density at radius 1 is 1.41 bits per heavy atom. The number of carboxylic acids is 1. The number of nitrogens with zero attached hydrogens (tertiary/aromatic N) is 4. The van der Waals surface area contributed by atoms with Crippen molar-refractivity contribution in [2.24, 2.45) is 5.16 Å². The van der Waals surface area contributed by atoms with Gasteiger partial charge in [0.15, 0.2) is 10.8 Å². The van der Waals surface area contributed by atoms with Gasteiger partial charge in [0.1, 0.15) is 36.5 Å². The number of nitrogens with one attached hydrogen (secondary N) is 1. The number of quaternary nitrogens is 1. The third-order valence-electron chi connectivity index (χ3n) is 5.92. The SMILES string of the molecule is CON=C(C(=O)NC1C(=O)N2C(C(=O)O)=C(C[N+]3(C)CCCC3)CSC12)c1csc(N)n1.Cl.[Cl-]. The highest BCUT2D eigenvalue weighted by atomic mass is 35.5. The molecule has 4 heterocycles. The van der Waals surface area contributed by atoms with Gasteiger partial charge < -0.3 is 37.9 Å². The van der Waals surface area contributed by atoms with Gasteiger partial charge in [0.25, 0.3) is 11.8 Å². The van der Waals surface area contributed by atoms with Crippen LogP contribution in [0.15, 0.2) is 21.8 Å². The largest absolute Gasteiger partial charge is 1.00 e. The highest BCUT2D eigenvalue weighted by Crippen LogP contribution is 2.41. The molecule has 3 aliphatic rings. The Morgan fingerprint density at radius 2 is 2.09 bits per heavy atom. The van der Waals surface area contributed by atoms with Crippen LogP contribution in [-0.4, -0.2) is 93.9 Å². The Labute approximate surface area is 217 Å². The van der Waals surface area contributed by atoms with Gasteiger partial charge >= 0.3 is 5.97 Å². The average molecular weight is 553 g/mol. The summed E-state index contributed by atoms with van der Waals surface area (Å²) >= 11 is 2.61. The standard InChI is InChI=1S/C19H24N6O5S2.2ClH/c1-25(5-3-4-6-25)7-10-8-31-17-13(16(27)24(17)14(10)18(28)29)22-15(26)12(23-30-2)11-9-32-19(20)21-11;;/h9,13,17H,3-8H2,1-2H3,(H3-,20,21,22,26,28,29);2*1H. The Balaban J connectivity index is 0.00000204. The molecular weight excluding hydrogens is 527 g/mol. The minimum atomic E-state index is -1.12. The van der Waals surface area contributed by atoms with Gasteiger partial charge in [-0.05, 0) is 0 Å². The molecule has 3 aliphatic heterocycles. The number of amides is 2. The fourth-order valence-corrected chi connectivity index (χ4v) is 6.31. The summed E-state index contributed by atoms with van der Waals surface area (Å²) in [6, 6.07) is -0.863. The van der Waals surface area contributed by atoms with Crippen molar-refractivity contribution in [2.75, 3.05) is 45.3 Å². The molecule has 4 rings (SSSR count). The summed E-state index contributed by atoms with van der Waals surface area (Å²) in [5.74, 6) is -1.71. The molecule has 0 radical (unpaired) electrons. The molecule has 4 N–H and O–H groups in total. The molecule has 15 heteroatoms. The monoisotopic (exact) mass is 552 g/mol. The lowest BCUT2D eigenvalue weighted by molar-refractivity contribution is -0.893. The number of anilines is 1. The van der Waals surface area contributed by atoms with Crippen LogP contribution in [0.2, 0.25) is 0 Å². The van der Waals surface area contributed by atoms with Gasteiger partial charge in [-0.25, -0.2) is 9.78 Å². The van der Waals surface area contributed by atoms with Crippen molar-refractivity contribution in [1.29, 1.82) is 0 Å². The zero-order valence-corrected chi connectivity index (χ0v) is 21.7. The summed E-state index contributed by atoms with van der Waals surface area (Å²) in [4.78, 5) is 47.9. The van der Waals surface area contributed by atoms with Gasteiger partial charge in [-0.1, -0.05) is 5.16 Å². The number of aliphatic carboxylic acids is 1. The summed E-state index contributed by atoms with van der Waals surface area (Å²) in [5.41, 5.74) is 6.59. The number of thiazole rings is 1. The number of carboxylic acid groups (broad SMARTS) is 1. The number of carbonyl (C=O) groups is 3. The minimum Gasteiger partial charge on any atom is -1.00 e. The number of β-lactam (4-membered cyclic amide) rings is 1. The number of fused-ring (bicyclic) bond motifs is 1. The number of halogens is 2. The highest BCUT2D eigenvalue weighted by molar-refractivity contribution is 8.00. The Bertz CT molecular complexity index is 1030. The van der Waals surface area contributed by atoms with E-state index in [0.29, 0.717) is 12.3 Å². The van der Waals surface area contributed by atoms with Crippen molar-refractivity contribution in [3.05, 3.63) is 22.3 Å². The first-order chi connectivity index (χ1) is 15.2. The predicted octanol–water partition coefficient (Wildman–Crippen LogP) is -2.52. The molecule has 2 unspecified atom stereocenters. The van der Waals surface area contributed by atoms with Crippen LogP contribution in [0.25, 0.3) is 0 Å². The number of nitrogen functional groups attached to an aromatic ring is 1. The Kier molecular flexibility index (Phi) is 9.22. The van der Waals surface area contributed by atoms with Crippen LogP contribution in [0.1, 0.15) is 18.5 Å². The zero-order chi connectivity index (χ0) is 23.0. The second-order valence-corrected chi connectivity index (χ2v) is 10.2. The van der Waals surface area contributed by atoms with E-state index in [-0.39, 0.29) is 47.0 Å². The fourth-order valence-electron chi connectivity index (χ4n) is 4.42. The number of rotatable bonds is 7. The summed E-state index contributed by atoms with van der Waals surface area (Å²) in [6.07, 6.45) is 2.24. The van der Waals surface area contributed by atoms with E-state index in [2.05, 4.69) is 22.5 Å².